The molecule has 0 fully saturated rings. The van der Waals surface area contributed by atoms with E-state index in [2.05, 4.69) is 11.3 Å². The zero-order chi connectivity index (χ0) is 18.5. The lowest BCUT2D eigenvalue weighted by molar-refractivity contribution is -0.191. The molecular weight excluding hydrogens is 324 g/mol. The molecule has 0 bridgehead atoms. The van der Waals surface area contributed by atoms with Gasteiger partial charge in [-0.1, -0.05) is 6.08 Å². The van der Waals surface area contributed by atoms with E-state index in [9.17, 15) is 19.2 Å². The van der Waals surface area contributed by atoms with Gasteiger partial charge in [-0.3, -0.25) is 0 Å². The van der Waals surface area contributed by atoms with E-state index in [1.54, 1.807) is 6.92 Å². The highest BCUT2D eigenvalue weighted by Gasteiger charge is 2.41. The van der Waals surface area contributed by atoms with Crippen LogP contribution in [-0.2, 0) is 42.9 Å². The second-order valence-corrected chi connectivity index (χ2v) is 4.09. The van der Waals surface area contributed by atoms with Crippen LogP contribution in [0.25, 0.3) is 0 Å². The van der Waals surface area contributed by atoms with Crippen LogP contribution in [0.3, 0.4) is 0 Å². The van der Waals surface area contributed by atoms with Crippen LogP contribution in [-0.4, -0.2) is 62.5 Å². The summed E-state index contributed by atoms with van der Waals surface area (Å²) in [5.41, 5.74) is 0. The largest absolute Gasteiger partial charge is 0.464 e. The third kappa shape index (κ3) is 7.23. The number of rotatable bonds is 10. The maximum absolute atomic E-state index is 12.0. The van der Waals surface area contributed by atoms with Crippen molar-refractivity contribution in [3.8, 4) is 0 Å². The highest BCUT2D eigenvalue weighted by Crippen LogP contribution is 2.11. The Kier molecular flexibility index (Phi) is 10.8. The number of hydrogen-bond acceptors (Lipinski definition) is 9. The van der Waals surface area contributed by atoms with E-state index in [1.807, 2.05) is 0 Å². The summed E-state index contributed by atoms with van der Waals surface area (Å²) in [7, 11) is 0. The first-order chi connectivity index (χ1) is 11.4. The van der Waals surface area contributed by atoms with Gasteiger partial charge in [0.25, 0.3) is 0 Å². The first-order valence-corrected chi connectivity index (χ1v) is 7.36. The number of esters is 4. The Labute approximate surface area is 139 Å². The molecule has 0 spiro atoms. The van der Waals surface area contributed by atoms with E-state index in [0.29, 0.717) is 0 Å². The average molecular weight is 346 g/mol. The van der Waals surface area contributed by atoms with E-state index >= 15 is 0 Å². The van der Waals surface area contributed by atoms with Crippen LogP contribution in [0.2, 0.25) is 0 Å². The zero-order valence-corrected chi connectivity index (χ0v) is 13.9. The van der Waals surface area contributed by atoms with Crippen LogP contribution < -0.4 is 0 Å². The number of hydrogen-bond donors (Lipinski definition) is 0. The fraction of sp³-hybridized carbons (Fsp3) is 0.600. The smallest absolute Gasteiger partial charge is 0.418 e. The number of carbonyl (C=O) groups excluding carboxylic acids is 4. The van der Waals surface area contributed by atoms with Gasteiger partial charge in [-0.15, -0.1) is 6.58 Å². The van der Waals surface area contributed by atoms with Gasteiger partial charge in [0.2, 0.25) is 12.2 Å². The van der Waals surface area contributed by atoms with Crippen molar-refractivity contribution in [2.45, 2.75) is 33.0 Å². The zero-order valence-electron chi connectivity index (χ0n) is 13.9. The molecule has 9 nitrogen and oxygen atoms in total. The van der Waals surface area contributed by atoms with Crippen molar-refractivity contribution >= 4 is 23.9 Å². The van der Waals surface area contributed by atoms with E-state index in [1.165, 1.54) is 19.9 Å². The molecule has 24 heavy (non-hydrogen) atoms. The highest BCUT2D eigenvalue weighted by atomic mass is 16.6. The molecule has 0 aliphatic rings. The molecule has 0 unspecified atom stereocenters. The number of ether oxygens (including phenoxy) is 5. The molecule has 0 amide bonds. The summed E-state index contributed by atoms with van der Waals surface area (Å²) in [4.78, 5) is 47.0. The third-order valence-electron chi connectivity index (χ3n) is 2.38. The molecule has 0 aromatic carbocycles. The fourth-order valence-corrected chi connectivity index (χ4v) is 1.49. The predicted molar refractivity (Wildman–Crippen MR) is 79.7 cm³/mol. The van der Waals surface area contributed by atoms with E-state index in [0.717, 1.165) is 0 Å². The molecular formula is C15H22O9. The van der Waals surface area contributed by atoms with Gasteiger partial charge in [-0.2, -0.15) is 0 Å². The van der Waals surface area contributed by atoms with Crippen LogP contribution >= 0.6 is 0 Å². The minimum Gasteiger partial charge on any atom is -0.464 e. The Morgan fingerprint density at radius 1 is 0.833 bits per heavy atom. The van der Waals surface area contributed by atoms with Crippen molar-refractivity contribution < 1.29 is 42.9 Å². The van der Waals surface area contributed by atoms with Gasteiger partial charge in [0.1, 0.15) is 0 Å². The van der Waals surface area contributed by atoms with Crippen molar-refractivity contribution in [2.75, 3.05) is 26.4 Å². The van der Waals surface area contributed by atoms with Crippen molar-refractivity contribution in [1.29, 1.82) is 0 Å². The molecule has 0 heterocycles. The second-order valence-electron chi connectivity index (χ2n) is 4.09. The summed E-state index contributed by atoms with van der Waals surface area (Å²) >= 11 is 0. The molecule has 0 aromatic rings. The van der Waals surface area contributed by atoms with E-state index in [4.69, 9.17) is 18.9 Å². The van der Waals surface area contributed by atoms with Crippen molar-refractivity contribution in [3.05, 3.63) is 12.7 Å². The van der Waals surface area contributed by atoms with Gasteiger partial charge < -0.3 is 23.7 Å². The molecule has 0 saturated heterocycles. The van der Waals surface area contributed by atoms with E-state index < -0.39 is 36.1 Å². The second kappa shape index (κ2) is 12.1. The van der Waals surface area contributed by atoms with Crippen LogP contribution in [0.4, 0.5) is 0 Å². The molecule has 0 aromatic heterocycles. The summed E-state index contributed by atoms with van der Waals surface area (Å²) in [6.07, 6.45) is -2.11. The van der Waals surface area contributed by atoms with Crippen molar-refractivity contribution in [3.63, 3.8) is 0 Å². The molecule has 0 rings (SSSR count). The Hall–Kier alpha value is -2.42. The minimum atomic E-state index is -1.82. The molecule has 136 valence electrons. The summed E-state index contributed by atoms with van der Waals surface area (Å²) in [6.45, 7) is 7.75. The van der Waals surface area contributed by atoms with Crippen LogP contribution in [0.1, 0.15) is 20.8 Å². The molecule has 0 radical (unpaired) electrons. The lowest BCUT2D eigenvalue weighted by atomic mass is 10.2. The fourth-order valence-electron chi connectivity index (χ4n) is 1.49. The standard InChI is InChI=1S/C15H22O9/c1-5-9-23-10(12(16)20-6-2)11(13(17)21-7-3)24-15(19)14(18)22-8-4/h5,10-11H,1,6-9H2,2-4H3/t10-,11-/m1/s1. The molecule has 0 aliphatic carbocycles. The van der Waals surface area contributed by atoms with Crippen LogP contribution in [0.15, 0.2) is 12.7 Å². The van der Waals surface area contributed by atoms with Crippen molar-refractivity contribution in [1.82, 2.24) is 0 Å². The van der Waals surface area contributed by atoms with Gasteiger partial charge in [-0.25, -0.2) is 19.2 Å². The topological polar surface area (TPSA) is 114 Å². The van der Waals surface area contributed by atoms with Gasteiger partial charge in [0.15, 0.2) is 0 Å². The quantitative estimate of drug-likeness (QED) is 0.236. The van der Waals surface area contributed by atoms with E-state index in [-0.39, 0.29) is 26.4 Å². The molecule has 2 atom stereocenters. The monoisotopic (exact) mass is 346 g/mol. The summed E-state index contributed by atoms with van der Waals surface area (Å²) < 4.78 is 23.9. The average Bonchev–Trinajstić information content (AvgIpc) is 2.54. The number of carbonyl (C=O) groups is 4. The van der Waals surface area contributed by atoms with Gasteiger partial charge in [0.05, 0.1) is 26.4 Å². The molecule has 0 N–H and O–H groups in total. The maximum atomic E-state index is 12.0. The summed E-state index contributed by atoms with van der Waals surface area (Å²) in [5, 5.41) is 0. The molecule has 9 heteroatoms. The Morgan fingerprint density at radius 3 is 1.79 bits per heavy atom. The lowest BCUT2D eigenvalue weighted by Gasteiger charge is -2.23. The lowest BCUT2D eigenvalue weighted by Crippen LogP contribution is -2.47. The first-order valence-electron chi connectivity index (χ1n) is 7.36. The van der Waals surface area contributed by atoms with Crippen LogP contribution in [0.5, 0.6) is 0 Å². The van der Waals surface area contributed by atoms with Gasteiger partial charge in [-0.05, 0) is 20.8 Å². The van der Waals surface area contributed by atoms with Crippen molar-refractivity contribution in [2.24, 2.45) is 0 Å². The minimum absolute atomic E-state index is 0.00809. The predicted octanol–water partition coefficient (Wildman–Crippen LogP) is 0.159. The summed E-state index contributed by atoms with van der Waals surface area (Å²) in [6, 6.07) is 0. The highest BCUT2D eigenvalue weighted by molar-refractivity contribution is 6.30. The maximum Gasteiger partial charge on any atom is 0.418 e. The molecule has 0 saturated carbocycles. The first kappa shape index (κ1) is 21.6. The van der Waals surface area contributed by atoms with Gasteiger partial charge in [0, 0.05) is 0 Å². The molecule has 0 aliphatic heterocycles. The normalized spacial score (nSPS) is 12.5. The third-order valence-corrected chi connectivity index (χ3v) is 2.38. The Balaban J connectivity index is 5.38. The Morgan fingerprint density at radius 2 is 1.33 bits per heavy atom. The SMILES string of the molecule is C=CCO[C@@H](C(=O)OCC)[C@@H](OC(=O)C(=O)OCC)C(=O)OCC. The Bertz CT molecular complexity index is 458. The van der Waals surface area contributed by atoms with Crippen LogP contribution in [0, 0.1) is 0 Å². The summed E-state index contributed by atoms with van der Waals surface area (Å²) in [5.74, 6) is -4.77. The van der Waals surface area contributed by atoms with Gasteiger partial charge >= 0.3 is 23.9 Å².